The minimum Gasteiger partial charge on any atom is -0.356 e. The highest BCUT2D eigenvalue weighted by Gasteiger charge is 2.31. The number of piperidine rings is 1. The van der Waals surface area contributed by atoms with Crippen LogP contribution >= 0.6 is 46.7 Å². The molecule has 144 valence electrons. The van der Waals surface area contributed by atoms with E-state index in [0.717, 1.165) is 29.8 Å². The molecule has 0 amide bonds. The lowest BCUT2D eigenvalue weighted by molar-refractivity contribution is 0.125. The summed E-state index contributed by atoms with van der Waals surface area (Å²) in [6.07, 6.45) is 2.51. The Morgan fingerprint density at radius 1 is 1.38 bits per heavy atom. The molecule has 0 aromatic carbocycles. The van der Waals surface area contributed by atoms with Crippen molar-refractivity contribution in [2.45, 2.75) is 32.4 Å². The van der Waals surface area contributed by atoms with Crippen molar-refractivity contribution < 1.29 is 0 Å². The minimum atomic E-state index is 0. The van der Waals surface area contributed by atoms with Crippen molar-refractivity contribution in [3.05, 3.63) is 38.5 Å². The number of nitrogens with zero attached hydrogens (tertiary/aromatic N) is 3. The summed E-state index contributed by atoms with van der Waals surface area (Å²) >= 11 is 3.55. The van der Waals surface area contributed by atoms with Gasteiger partial charge in [-0.05, 0) is 50.7 Å². The first kappa shape index (κ1) is 21.6. The summed E-state index contributed by atoms with van der Waals surface area (Å²) < 4.78 is 0. The quantitative estimate of drug-likeness (QED) is 0.368. The van der Waals surface area contributed by atoms with Gasteiger partial charge in [0.2, 0.25) is 0 Å². The number of guanidine groups is 1. The molecule has 3 heterocycles. The molecule has 0 saturated carbocycles. The molecule has 2 unspecified atom stereocenters. The van der Waals surface area contributed by atoms with E-state index < -0.39 is 0 Å². The molecular weight excluding hydrogens is 477 g/mol. The second-order valence-corrected chi connectivity index (χ2v) is 8.45. The van der Waals surface area contributed by atoms with E-state index in [4.69, 9.17) is 0 Å². The number of hydrogen-bond acceptors (Lipinski definition) is 5. The Kier molecular flexibility index (Phi) is 8.78. The zero-order valence-corrected chi connectivity index (χ0v) is 19.5. The average molecular weight is 505 g/mol. The maximum absolute atomic E-state index is 4.49. The summed E-state index contributed by atoms with van der Waals surface area (Å²) in [6, 6.07) is 4.92. The van der Waals surface area contributed by atoms with Crippen LogP contribution in [0.1, 0.15) is 34.5 Å². The van der Waals surface area contributed by atoms with E-state index in [1.165, 1.54) is 24.3 Å². The monoisotopic (exact) mass is 505 g/mol. The molecule has 0 radical (unpaired) electrons. The van der Waals surface area contributed by atoms with Crippen LogP contribution in [0.3, 0.4) is 0 Å². The Labute approximate surface area is 181 Å². The van der Waals surface area contributed by atoms with E-state index in [-0.39, 0.29) is 24.0 Å². The summed E-state index contributed by atoms with van der Waals surface area (Å²) in [7, 11) is 4.07. The van der Waals surface area contributed by atoms with Crippen molar-refractivity contribution in [2.75, 3.05) is 27.2 Å². The Balaban J connectivity index is 0.00000243. The van der Waals surface area contributed by atoms with Gasteiger partial charge in [-0.1, -0.05) is 6.07 Å². The van der Waals surface area contributed by atoms with Crippen molar-refractivity contribution in [1.82, 2.24) is 20.5 Å². The number of hydrogen-bond donors (Lipinski definition) is 2. The van der Waals surface area contributed by atoms with Gasteiger partial charge in [0.1, 0.15) is 5.01 Å². The predicted octanol–water partition coefficient (Wildman–Crippen LogP) is 3.88. The number of thiophene rings is 1. The van der Waals surface area contributed by atoms with Crippen LogP contribution in [-0.4, -0.2) is 43.0 Å². The van der Waals surface area contributed by atoms with Crippen LogP contribution in [0, 0.1) is 12.8 Å². The van der Waals surface area contributed by atoms with E-state index in [1.807, 2.05) is 25.3 Å². The lowest BCUT2D eigenvalue weighted by Gasteiger charge is -2.39. The second kappa shape index (κ2) is 10.6. The lowest BCUT2D eigenvalue weighted by atomic mass is 9.88. The molecule has 1 fully saturated rings. The zero-order chi connectivity index (χ0) is 17.6. The molecule has 8 heteroatoms. The van der Waals surface area contributed by atoms with E-state index in [1.54, 1.807) is 11.3 Å². The topological polar surface area (TPSA) is 52.6 Å². The van der Waals surface area contributed by atoms with Gasteiger partial charge in [-0.25, -0.2) is 4.98 Å². The van der Waals surface area contributed by atoms with Crippen molar-refractivity contribution in [1.29, 1.82) is 0 Å². The molecule has 2 atom stereocenters. The number of aryl methyl sites for hydroxylation is 1. The first-order valence-corrected chi connectivity index (χ1v) is 10.5. The van der Waals surface area contributed by atoms with Crippen molar-refractivity contribution in [2.24, 2.45) is 10.9 Å². The molecule has 3 rings (SSSR count). The summed E-state index contributed by atoms with van der Waals surface area (Å²) in [6.45, 7) is 4.85. The highest BCUT2D eigenvalue weighted by Crippen LogP contribution is 2.36. The van der Waals surface area contributed by atoms with Crippen molar-refractivity contribution in [3.8, 4) is 0 Å². The van der Waals surface area contributed by atoms with Gasteiger partial charge in [-0.2, -0.15) is 0 Å². The second-order valence-electron chi connectivity index (χ2n) is 6.53. The fourth-order valence-electron chi connectivity index (χ4n) is 3.47. The summed E-state index contributed by atoms with van der Waals surface area (Å²) in [4.78, 5) is 12.8. The average Bonchev–Trinajstić information content (AvgIpc) is 3.27. The normalized spacial score (nSPS) is 21.3. The Bertz CT molecular complexity index is 686. The van der Waals surface area contributed by atoms with E-state index in [9.17, 15) is 0 Å². The van der Waals surface area contributed by atoms with Gasteiger partial charge in [0.25, 0.3) is 0 Å². The maximum atomic E-state index is 4.49. The molecular formula is C18H28IN5S2. The fraction of sp³-hybridized carbons (Fsp3) is 0.556. The Morgan fingerprint density at radius 2 is 2.23 bits per heavy atom. The molecule has 1 aliphatic rings. The lowest BCUT2D eigenvalue weighted by Crippen LogP contribution is -2.44. The maximum Gasteiger partial charge on any atom is 0.191 e. The van der Waals surface area contributed by atoms with Gasteiger partial charge in [0.05, 0.1) is 6.54 Å². The third-order valence-electron chi connectivity index (χ3n) is 4.67. The molecule has 26 heavy (non-hydrogen) atoms. The number of aromatic nitrogens is 1. The zero-order valence-electron chi connectivity index (χ0n) is 15.6. The summed E-state index contributed by atoms with van der Waals surface area (Å²) in [5.74, 6) is 1.45. The largest absolute Gasteiger partial charge is 0.356 e. The smallest absolute Gasteiger partial charge is 0.191 e. The number of thiazole rings is 1. The molecule has 2 aromatic heterocycles. The Hall–Kier alpha value is -0.710. The molecule has 2 aromatic rings. The molecule has 1 saturated heterocycles. The molecule has 5 nitrogen and oxygen atoms in total. The molecule has 1 aliphatic heterocycles. The Morgan fingerprint density at radius 3 is 2.88 bits per heavy atom. The van der Waals surface area contributed by atoms with E-state index in [2.05, 4.69) is 55.5 Å². The van der Waals surface area contributed by atoms with Gasteiger partial charge >= 0.3 is 0 Å². The third-order valence-corrected chi connectivity index (χ3v) is 6.58. The standard InChI is InChI=1S/C18H27N5S2.HI/c1-13-12-25-16(22-13)11-21-18(19-2)20-10-14-6-4-8-23(3)17(14)15-7-5-9-24-15;/h5,7,9,12,14,17H,4,6,8,10-11H2,1-3H3,(H2,19,20,21);1H. The van der Waals surface area contributed by atoms with Crippen molar-refractivity contribution >= 4 is 52.6 Å². The van der Waals surface area contributed by atoms with E-state index in [0.29, 0.717) is 12.0 Å². The first-order chi connectivity index (χ1) is 12.2. The fourth-order valence-corrected chi connectivity index (χ4v) is 5.17. The summed E-state index contributed by atoms with van der Waals surface area (Å²) in [5.41, 5.74) is 1.08. The molecule has 0 aliphatic carbocycles. The van der Waals surface area contributed by atoms with Crippen LogP contribution < -0.4 is 10.6 Å². The van der Waals surface area contributed by atoms with Gasteiger partial charge < -0.3 is 10.6 Å². The van der Waals surface area contributed by atoms with Crippen LogP contribution in [0.5, 0.6) is 0 Å². The highest BCUT2D eigenvalue weighted by molar-refractivity contribution is 14.0. The van der Waals surface area contributed by atoms with Crippen LogP contribution in [0.4, 0.5) is 0 Å². The van der Waals surface area contributed by atoms with Gasteiger partial charge in [0, 0.05) is 35.6 Å². The number of nitrogens with one attached hydrogen (secondary N) is 2. The summed E-state index contributed by atoms with van der Waals surface area (Å²) in [5, 5.41) is 12.2. The number of halogens is 1. The molecule has 0 spiro atoms. The van der Waals surface area contributed by atoms with Gasteiger partial charge in [-0.3, -0.25) is 9.89 Å². The third kappa shape index (κ3) is 5.64. The van der Waals surface area contributed by atoms with Crippen molar-refractivity contribution in [3.63, 3.8) is 0 Å². The first-order valence-electron chi connectivity index (χ1n) is 8.76. The van der Waals surface area contributed by atoms with E-state index >= 15 is 0 Å². The SMILES string of the molecule is CN=C(NCc1nc(C)cs1)NCC1CCCN(C)C1c1cccs1.I. The number of rotatable bonds is 5. The van der Waals surface area contributed by atoms with Crippen LogP contribution in [-0.2, 0) is 6.54 Å². The number of aliphatic imine (C=N–C) groups is 1. The predicted molar refractivity (Wildman–Crippen MR) is 123 cm³/mol. The van der Waals surface area contributed by atoms with Crippen LogP contribution in [0.2, 0.25) is 0 Å². The van der Waals surface area contributed by atoms with Crippen LogP contribution in [0.15, 0.2) is 27.9 Å². The minimum absolute atomic E-state index is 0. The van der Waals surface area contributed by atoms with Gasteiger partial charge in [-0.15, -0.1) is 46.7 Å². The molecule has 0 bridgehead atoms. The van der Waals surface area contributed by atoms with Gasteiger partial charge in [0.15, 0.2) is 5.96 Å². The highest BCUT2D eigenvalue weighted by atomic mass is 127. The number of likely N-dealkylation sites (tertiary alicyclic amines) is 1. The van der Waals surface area contributed by atoms with Crippen LogP contribution in [0.25, 0.3) is 0 Å². The molecule has 2 N–H and O–H groups in total.